The van der Waals surface area contributed by atoms with Crippen LogP contribution >= 0.6 is 0 Å². The summed E-state index contributed by atoms with van der Waals surface area (Å²) in [6, 6.07) is 0. The Balaban J connectivity index is 2.52. The van der Waals surface area contributed by atoms with E-state index in [4.69, 9.17) is 9.84 Å². The third kappa shape index (κ3) is 2.32. The van der Waals surface area contributed by atoms with Gasteiger partial charge in [0.05, 0.1) is 18.3 Å². The van der Waals surface area contributed by atoms with Crippen LogP contribution in [-0.2, 0) is 4.74 Å². The van der Waals surface area contributed by atoms with Crippen molar-refractivity contribution in [1.82, 2.24) is 0 Å². The first-order valence-electron chi connectivity index (χ1n) is 4.50. The second-order valence-corrected chi connectivity index (χ2v) is 4.04. The molecule has 1 rings (SSSR count). The van der Waals surface area contributed by atoms with Gasteiger partial charge in [-0.05, 0) is 39.2 Å². The highest BCUT2D eigenvalue weighted by atomic mass is 16.5. The number of aliphatic hydroxyl groups is 1. The minimum absolute atomic E-state index is 0.0230. The van der Waals surface area contributed by atoms with Gasteiger partial charge in [0.2, 0.25) is 0 Å². The van der Waals surface area contributed by atoms with E-state index in [1.807, 2.05) is 13.0 Å². The number of hydrogen-bond donors (Lipinski definition) is 1. The van der Waals surface area contributed by atoms with Gasteiger partial charge in [0.25, 0.3) is 0 Å². The van der Waals surface area contributed by atoms with Crippen LogP contribution in [0.3, 0.4) is 0 Å². The van der Waals surface area contributed by atoms with Gasteiger partial charge in [-0.3, -0.25) is 0 Å². The average Bonchev–Trinajstić information content (AvgIpc) is 2.31. The quantitative estimate of drug-likeness (QED) is 0.641. The van der Waals surface area contributed by atoms with E-state index in [1.165, 1.54) is 0 Å². The molecule has 1 atom stereocenters. The summed E-state index contributed by atoms with van der Waals surface area (Å²) in [5, 5.41) is 8.70. The molecular formula is C10H18O2. The number of hydrogen-bond acceptors (Lipinski definition) is 2. The van der Waals surface area contributed by atoms with E-state index in [1.54, 1.807) is 0 Å². The van der Waals surface area contributed by atoms with E-state index in [0.29, 0.717) is 0 Å². The fourth-order valence-electron chi connectivity index (χ4n) is 1.58. The molecule has 0 spiro atoms. The van der Waals surface area contributed by atoms with Gasteiger partial charge < -0.3 is 9.84 Å². The molecule has 70 valence electrons. The summed E-state index contributed by atoms with van der Waals surface area (Å²) in [7, 11) is 0. The summed E-state index contributed by atoms with van der Waals surface area (Å²) in [6.07, 6.45) is 4.24. The van der Waals surface area contributed by atoms with Gasteiger partial charge in [0.15, 0.2) is 0 Å². The number of rotatable bonds is 2. The molecule has 0 aromatic rings. The summed E-state index contributed by atoms with van der Waals surface area (Å²) in [5.41, 5.74) is 1.18. The lowest BCUT2D eigenvalue weighted by Gasteiger charge is -2.19. The molecule has 0 bridgehead atoms. The summed E-state index contributed by atoms with van der Waals surface area (Å²) in [4.78, 5) is 0. The highest BCUT2D eigenvalue weighted by Crippen LogP contribution is 2.32. The van der Waals surface area contributed by atoms with Gasteiger partial charge in [-0.2, -0.15) is 0 Å². The normalized spacial score (nSPS) is 29.3. The van der Waals surface area contributed by atoms with Crippen LogP contribution in [0.15, 0.2) is 11.6 Å². The van der Waals surface area contributed by atoms with Crippen molar-refractivity contribution in [3.8, 4) is 0 Å². The van der Waals surface area contributed by atoms with Crippen LogP contribution in [0.5, 0.6) is 0 Å². The Morgan fingerprint density at radius 2 is 2.33 bits per heavy atom. The van der Waals surface area contributed by atoms with E-state index in [2.05, 4.69) is 13.8 Å². The Labute approximate surface area is 74.2 Å². The third-order valence-electron chi connectivity index (χ3n) is 2.39. The second-order valence-electron chi connectivity index (χ2n) is 4.04. The predicted octanol–water partition coefficient (Wildman–Crippen LogP) is 1.88. The summed E-state index contributed by atoms with van der Waals surface area (Å²) in [5.74, 6) is 0. The van der Waals surface area contributed by atoms with Gasteiger partial charge in [0, 0.05) is 0 Å². The predicted molar refractivity (Wildman–Crippen MR) is 49.0 cm³/mol. The van der Waals surface area contributed by atoms with Crippen LogP contribution in [0.2, 0.25) is 0 Å². The van der Waals surface area contributed by atoms with Gasteiger partial charge in [-0.25, -0.2) is 0 Å². The fourth-order valence-corrected chi connectivity index (χ4v) is 1.58. The van der Waals surface area contributed by atoms with Crippen LogP contribution in [0, 0.1) is 0 Å². The van der Waals surface area contributed by atoms with Crippen molar-refractivity contribution in [2.45, 2.75) is 45.3 Å². The van der Waals surface area contributed by atoms with Crippen LogP contribution < -0.4 is 0 Å². The molecule has 1 N–H and O–H groups in total. The molecule has 1 unspecified atom stereocenters. The molecule has 0 amide bonds. The molecular weight excluding hydrogens is 152 g/mol. The molecule has 0 aromatic carbocycles. The van der Waals surface area contributed by atoms with Gasteiger partial charge >= 0.3 is 0 Å². The van der Waals surface area contributed by atoms with Crippen LogP contribution in [0.1, 0.15) is 33.6 Å². The highest BCUT2D eigenvalue weighted by Gasteiger charge is 2.31. The minimum Gasteiger partial charge on any atom is -0.392 e. The van der Waals surface area contributed by atoms with E-state index in [-0.39, 0.29) is 18.3 Å². The standard InChI is InChI=1S/C10H18O2/c1-8(5-7-11)9-4-6-10(2,3)12-9/h5,9,11H,4,6-7H2,1-3H3/b8-5+. The smallest absolute Gasteiger partial charge is 0.0791 e. The summed E-state index contributed by atoms with van der Waals surface area (Å²) >= 11 is 0. The number of ether oxygens (including phenoxy) is 1. The first-order valence-corrected chi connectivity index (χ1v) is 4.50. The topological polar surface area (TPSA) is 29.5 Å². The summed E-state index contributed by atoms with van der Waals surface area (Å²) in [6.45, 7) is 6.35. The zero-order valence-electron chi connectivity index (χ0n) is 8.13. The molecule has 1 fully saturated rings. The van der Waals surface area contributed by atoms with E-state index in [0.717, 1.165) is 18.4 Å². The SMILES string of the molecule is C/C(=C\CO)C1CCC(C)(C)O1. The Hall–Kier alpha value is -0.340. The zero-order chi connectivity index (χ0) is 9.19. The third-order valence-corrected chi connectivity index (χ3v) is 2.39. The van der Waals surface area contributed by atoms with Crippen LogP contribution in [-0.4, -0.2) is 23.4 Å². The van der Waals surface area contributed by atoms with Crippen molar-refractivity contribution in [3.63, 3.8) is 0 Å². The van der Waals surface area contributed by atoms with Gasteiger partial charge in [0.1, 0.15) is 0 Å². The lowest BCUT2D eigenvalue weighted by molar-refractivity contribution is 0.000293. The average molecular weight is 170 g/mol. The lowest BCUT2D eigenvalue weighted by Crippen LogP contribution is -2.20. The molecule has 0 radical (unpaired) electrons. The molecule has 1 saturated heterocycles. The Bertz CT molecular complexity index is 182. The maximum atomic E-state index is 8.70. The minimum atomic E-state index is 0.0230. The largest absolute Gasteiger partial charge is 0.392 e. The van der Waals surface area contributed by atoms with Crippen molar-refractivity contribution < 1.29 is 9.84 Å². The molecule has 2 nitrogen and oxygen atoms in total. The van der Waals surface area contributed by atoms with Crippen molar-refractivity contribution in [2.24, 2.45) is 0 Å². The first kappa shape index (κ1) is 9.75. The Morgan fingerprint density at radius 3 is 2.75 bits per heavy atom. The van der Waals surface area contributed by atoms with E-state index < -0.39 is 0 Å². The van der Waals surface area contributed by atoms with Crippen molar-refractivity contribution in [2.75, 3.05) is 6.61 Å². The first-order chi connectivity index (χ1) is 5.55. The van der Waals surface area contributed by atoms with Crippen LogP contribution in [0.25, 0.3) is 0 Å². The van der Waals surface area contributed by atoms with E-state index >= 15 is 0 Å². The maximum Gasteiger partial charge on any atom is 0.0791 e. The van der Waals surface area contributed by atoms with Gasteiger partial charge in [-0.15, -0.1) is 0 Å². The summed E-state index contributed by atoms with van der Waals surface area (Å²) < 4.78 is 5.78. The lowest BCUT2D eigenvalue weighted by atomic mass is 10.0. The fraction of sp³-hybridized carbons (Fsp3) is 0.800. The number of aliphatic hydroxyl groups excluding tert-OH is 1. The highest BCUT2D eigenvalue weighted by molar-refractivity contribution is 5.08. The molecule has 1 aliphatic heterocycles. The molecule has 2 heteroatoms. The van der Waals surface area contributed by atoms with Crippen LogP contribution in [0.4, 0.5) is 0 Å². The molecule has 1 aliphatic rings. The Kier molecular flexibility index (Phi) is 2.91. The molecule has 1 heterocycles. The van der Waals surface area contributed by atoms with Crippen molar-refractivity contribution in [3.05, 3.63) is 11.6 Å². The zero-order valence-corrected chi connectivity index (χ0v) is 8.13. The van der Waals surface area contributed by atoms with Gasteiger partial charge in [-0.1, -0.05) is 6.08 Å². The molecule has 0 saturated carbocycles. The van der Waals surface area contributed by atoms with E-state index in [9.17, 15) is 0 Å². The molecule has 12 heavy (non-hydrogen) atoms. The van der Waals surface area contributed by atoms with Crippen molar-refractivity contribution >= 4 is 0 Å². The Morgan fingerprint density at radius 1 is 1.67 bits per heavy atom. The second kappa shape index (κ2) is 3.58. The van der Waals surface area contributed by atoms with Crippen molar-refractivity contribution in [1.29, 1.82) is 0 Å². The monoisotopic (exact) mass is 170 g/mol. The molecule has 0 aliphatic carbocycles. The maximum absolute atomic E-state index is 8.70. The molecule has 0 aromatic heterocycles.